The number of hydrogen-bond acceptors (Lipinski definition) is 3. The lowest BCUT2D eigenvalue weighted by Crippen LogP contribution is -2.26. The van der Waals surface area contributed by atoms with Crippen molar-refractivity contribution in [3.8, 4) is 0 Å². The van der Waals surface area contributed by atoms with Gasteiger partial charge in [-0.1, -0.05) is 18.7 Å². The Balaban J connectivity index is 3.35. The van der Waals surface area contributed by atoms with Gasteiger partial charge < -0.3 is 16.4 Å². The molecular weight excluding hydrogens is 162 g/mol. The Bertz CT molecular complexity index is 175. The van der Waals surface area contributed by atoms with E-state index in [0.29, 0.717) is 0 Å². The van der Waals surface area contributed by atoms with Crippen LogP contribution in [0.1, 0.15) is 19.8 Å². The smallest absolute Gasteiger partial charge is 0.0909 e. The number of nitrogens with one attached hydrogen (secondary N) is 2. The summed E-state index contributed by atoms with van der Waals surface area (Å²) < 4.78 is 0. The molecule has 0 aliphatic rings. The van der Waals surface area contributed by atoms with Gasteiger partial charge in [-0.25, -0.2) is 0 Å². The summed E-state index contributed by atoms with van der Waals surface area (Å²) in [4.78, 5) is 0. The van der Waals surface area contributed by atoms with Crippen molar-refractivity contribution < 1.29 is 0 Å². The van der Waals surface area contributed by atoms with Gasteiger partial charge in [-0.3, -0.25) is 0 Å². The first kappa shape index (κ1) is 12.0. The minimum atomic E-state index is 0.129. The number of rotatable bonds is 7. The topological polar surface area (TPSA) is 50.1 Å². The molecule has 76 valence electrons. The summed E-state index contributed by atoms with van der Waals surface area (Å²) in [5, 5.41) is 6.06. The average molecular weight is 183 g/mol. The molecule has 0 radical (unpaired) electrons. The summed E-state index contributed by atoms with van der Waals surface area (Å²) in [7, 11) is 1.84. The van der Waals surface area contributed by atoms with Gasteiger partial charge in [0, 0.05) is 19.6 Å². The minimum absolute atomic E-state index is 0.129. The Hall–Kier alpha value is -0.960. The molecule has 0 aromatic carbocycles. The fourth-order valence-electron chi connectivity index (χ4n) is 0.896. The second kappa shape index (κ2) is 6.54. The summed E-state index contributed by atoms with van der Waals surface area (Å²) in [6, 6.07) is 0.129. The highest BCUT2D eigenvalue weighted by molar-refractivity contribution is 4.99. The Morgan fingerprint density at radius 2 is 2.08 bits per heavy atom. The Morgan fingerprint density at radius 1 is 1.46 bits per heavy atom. The first-order valence-electron chi connectivity index (χ1n) is 4.59. The quantitative estimate of drug-likeness (QED) is 0.407. The number of hydrogen-bond donors (Lipinski definition) is 3. The van der Waals surface area contributed by atoms with E-state index in [4.69, 9.17) is 5.73 Å². The van der Waals surface area contributed by atoms with Crippen molar-refractivity contribution >= 4 is 0 Å². The lowest BCUT2D eigenvalue weighted by atomic mass is 10.1. The van der Waals surface area contributed by atoms with Crippen LogP contribution in [0.2, 0.25) is 0 Å². The van der Waals surface area contributed by atoms with Gasteiger partial charge >= 0.3 is 0 Å². The normalized spacial score (nSPS) is 11.9. The van der Waals surface area contributed by atoms with Gasteiger partial charge in [0.2, 0.25) is 0 Å². The van der Waals surface area contributed by atoms with Gasteiger partial charge in [0.25, 0.3) is 0 Å². The average Bonchev–Trinajstić information content (AvgIpc) is 2.11. The Labute approximate surface area is 81.1 Å². The third-order valence-corrected chi connectivity index (χ3v) is 1.97. The molecule has 13 heavy (non-hydrogen) atoms. The van der Waals surface area contributed by atoms with Crippen molar-refractivity contribution in [2.75, 3.05) is 13.6 Å². The maximum absolute atomic E-state index is 5.80. The number of nitrogens with two attached hydrogens (primary N) is 1. The molecule has 0 saturated heterocycles. The monoisotopic (exact) mass is 183 g/mol. The molecule has 0 aliphatic carbocycles. The Morgan fingerprint density at radius 3 is 2.54 bits per heavy atom. The van der Waals surface area contributed by atoms with Crippen LogP contribution in [0, 0.1) is 0 Å². The molecule has 0 aromatic rings. The van der Waals surface area contributed by atoms with Crippen LogP contribution in [-0.4, -0.2) is 19.6 Å². The molecule has 3 heteroatoms. The second-order valence-corrected chi connectivity index (χ2v) is 3.25. The molecule has 0 spiro atoms. The molecule has 0 heterocycles. The van der Waals surface area contributed by atoms with Gasteiger partial charge in [0.1, 0.15) is 0 Å². The molecule has 0 bridgehead atoms. The summed E-state index contributed by atoms with van der Waals surface area (Å²) in [5.74, 6) is 0.851. The van der Waals surface area contributed by atoms with E-state index < -0.39 is 0 Å². The predicted octanol–water partition coefficient (Wildman–Crippen LogP) is 0.950. The Kier molecular flexibility index (Phi) is 6.06. The van der Waals surface area contributed by atoms with Crippen LogP contribution >= 0.6 is 0 Å². The molecule has 3 nitrogen and oxygen atoms in total. The lowest BCUT2D eigenvalue weighted by Gasteiger charge is -2.12. The summed E-state index contributed by atoms with van der Waals surface area (Å²) >= 11 is 0. The van der Waals surface area contributed by atoms with Crippen LogP contribution in [0.3, 0.4) is 0 Å². The first-order chi connectivity index (χ1) is 6.07. The zero-order valence-electron chi connectivity index (χ0n) is 8.69. The van der Waals surface area contributed by atoms with E-state index >= 15 is 0 Å². The van der Waals surface area contributed by atoms with Crippen LogP contribution in [-0.2, 0) is 0 Å². The van der Waals surface area contributed by atoms with Crippen molar-refractivity contribution in [2.45, 2.75) is 25.8 Å². The van der Waals surface area contributed by atoms with Crippen LogP contribution in [0.15, 0.2) is 24.6 Å². The predicted molar refractivity (Wildman–Crippen MR) is 58.2 cm³/mol. The first-order valence-corrected chi connectivity index (χ1v) is 4.59. The van der Waals surface area contributed by atoms with Crippen LogP contribution < -0.4 is 16.4 Å². The molecule has 0 aliphatic heterocycles. The SMILES string of the molecule is C=C(NC)NCCCC(N)C(=C)C. The highest BCUT2D eigenvalue weighted by Crippen LogP contribution is 2.01. The van der Waals surface area contributed by atoms with Crippen molar-refractivity contribution in [1.82, 2.24) is 10.6 Å². The van der Waals surface area contributed by atoms with Gasteiger partial charge in [0.15, 0.2) is 0 Å². The molecule has 0 amide bonds. The third-order valence-electron chi connectivity index (χ3n) is 1.97. The van der Waals surface area contributed by atoms with Crippen molar-refractivity contribution in [1.29, 1.82) is 0 Å². The molecule has 1 atom stereocenters. The molecule has 0 aromatic heterocycles. The van der Waals surface area contributed by atoms with Gasteiger partial charge in [-0.15, -0.1) is 0 Å². The van der Waals surface area contributed by atoms with Crippen molar-refractivity contribution in [3.05, 3.63) is 24.6 Å². The molecule has 0 fully saturated rings. The summed E-state index contributed by atoms with van der Waals surface area (Å²) in [5.41, 5.74) is 6.85. The summed E-state index contributed by atoms with van der Waals surface area (Å²) in [6.07, 6.45) is 2.01. The zero-order valence-corrected chi connectivity index (χ0v) is 8.69. The van der Waals surface area contributed by atoms with E-state index in [0.717, 1.165) is 30.8 Å². The maximum Gasteiger partial charge on any atom is 0.0909 e. The molecule has 4 N–H and O–H groups in total. The van der Waals surface area contributed by atoms with E-state index in [-0.39, 0.29) is 6.04 Å². The third kappa shape index (κ3) is 6.22. The van der Waals surface area contributed by atoms with Gasteiger partial charge in [-0.05, 0) is 19.8 Å². The van der Waals surface area contributed by atoms with E-state index in [1.807, 2.05) is 14.0 Å². The molecule has 1 unspecified atom stereocenters. The zero-order chi connectivity index (χ0) is 10.3. The van der Waals surface area contributed by atoms with Gasteiger partial charge in [-0.2, -0.15) is 0 Å². The fourth-order valence-corrected chi connectivity index (χ4v) is 0.896. The van der Waals surface area contributed by atoms with Crippen LogP contribution in [0.25, 0.3) is 0 Å². The van der Waals surface area contributed by atoms with Gasteiger partial charge in [0.05, 0.1) is 5.82 Å². The van der Waals surface area contributed by atoms with E-state index in [1.54, 1.807) is 0 Å². The van der Waals surface area contributed by atoms with Crippen LogP contribution in [0.4, 0.5) is 0 Å². The standard InChI is InChI=1S/C10H21N3/c1-8(2)10(11)6-5-7-13-9(3)12-4/h10,12-13H,1,3,5-7,11H2,2,4H3. The van der Waals surface area contributed by atoms with Crippen molar-refractivity contribution in [3.63, 3.8) is 0 Å². The minimum Gasteiger partial charge on any atom is -0.375 e. The lowest BCUT2D eigenvalue weighted by molar-refractivity contribution is 0.607. The second-order valence-electron chi connectivity index (χ2n) is 3.25. The molecule has 0 saturated carbocycles. The van der Waals surface area contributed by atoms with E-state index in [9.17, 15) is 0 Å². The highest BCUT2D eigenvalue weighted by atomic mass is 15.1. The molecule has 0 rings (SSSR count). The largest absolute Gasteiger partial charge is 0.375 e. The fraction of sp³-hybridized carbons (Fsp3) is 0.600. The van der Waals surface area contributed by atoms with E-state index in [2.05, 4.69) is 23.8 Å². The highest BCUT2D eigenvalue weighted by Gasteiger charge is 2.01. The van der Waals surface area contributed by atoms with Crippen LogP contribution in [0.5, 0.6) is 0 Å². The van der Waals surface area contributed by atoms with E-state index in [1.165, 1.54) is 0 Å². The maximum atomic E-state index is 5.80. The van der Waals surface area contributed by atoms with Crippen molar-refractivity contribution in [2.24, 2.45) is 5.73 Å². The molecular formula is C10H21N3. The summed E-state index contributed by atoms with van der Waals surface area (Å²) in [6.45, 7) is 10.4.